The highest BCUT2D eigenvalue weighted by Gasteiger charge is 2.24. The van der Waals surface area contributed by atoms with Crippen molar-refractivity contribution in [3.8, 4) is 5.75 Å². The van der Waals surface area contributed by atoms with Crippen LogP contribution in [-0.2, 0) is 17.6 Å². The number of rotatable bonds is 6. The molecule has 0 fully saturated rings. The molecule has 29 heavy (non-hydrogen) atoms. The molecule has 2 heterocycles. The van der Waals surface area contributed by atoms with Crippen molar-refractivity contribution in [2.24, 2.45) is 5.92 Å². The van der Waals surface area contributed by atoms with E-state index in [0.717, 1.165) is 39.8 Å². The van der Waals surface area contributed by atoms with E-state index in [1.807, 2.05) is 38.1 Å². The Bertz CT molecular complexity index is 1050. The molecule has 4 rings (SSSR count). The number of aryl methyl sites for hydroxylation is 2. The number of thiophene rings is 1. The number of fused-ring (bicyclic) bond motifs is 3. The Labute approximate surface area is 179 Å². The second-order valence-corrected chi connectivity index (χ2v) is 9.42. The van der Waals surface area contributed by atoms with Gasteiger partial charge in [0.2, 0.25) is 5.91 Å². The van der Waals surface area contributed by atoms with E-state index in [9.17, 15) is 4.79 Å². The lowest BCUT2D eigenvalue weighted by molar-refractivity contribution is -0.113. The number of nitrogens with zero attached hydrogens (tertiary/aromatic N) is 2. The zero-order chi connectivity index (χ0) is 20.4. The topological polar surface area (TPSA) is 64.1 Å². The van der Waals surface area contributed by atoms with Crippen LogP contribution in [0.15, 0.2) is 29.3 Å². The van der Waals surface area contributed by atoms with Crippen molar-refractivity contribution in [2.45, 2.75) is 45.1 Å². The maximum Gasteiger partial charge on any atom is 0.234 e. The van der Waals surface area contributed by atoms with Gasteiger partial charge >= 0.3 is 0 Å². The summed E-state index contributed by atoms with van der Waals surface area (Å²) >= 11 is 3.29. The summed E-state index contributed by atoms with van der Waals surface area (Å²) in [7, 11) is 0. The number of para-hydroxylation sites is 2. The Morgan fingerprint density at radius 2 is 2.17 bits per heavy atom. The zero-order valence-corrected chi connectivity index (χ0v) is 18.6. The third-order valence-corrected chi connectivity index (χ3v) is 7.16. The molecule has 1 N–H and O–H groups in total. The average Bonchev–Trinajstić information content (AvgIpc) is 3.04. The Balaban J connectivity index is 1.53. The number of ether oxygens (including phenoxy) is 1. The van der Waals surface area contributed by atoms with Gasteiger partial charge in [0, 0.05) is 10.3 Å². The molecular formula is C22H25N3O2S2. The average molecular weight is 428 g/mol. The molecule has 0 unspecified atom stereocenters. The number of aromatic nitrogens is 2. The van der Waals surface area contributed by atoms with Crippen molar-refractivity contribution < 1.29 is 9.53 Å². The minimum absolute atomic E-state index is 0.0655. The van der Waals surface area contributed by atoms with E-state index in [-0.39, 0.29) is 5.91 Å². The first-order chi connectivity index (χ1) is 14.0. The Hall–Kier alpha value is -2.12. The highest BCUT2D eigenvalue weighted by Crippen LogP contribution is 2.41. The second-order valence-electron chi connectivity index (χ2n) is 7.37. The van der Waals surface area contributed by atoms with E-state index in [4.69, 9.17) is 4.74 Å². The van der Waals surface area contributed by atoms with Crippen molar-refractivity contribution in [3.05, 3.63) is 40.5 Å². The van der Waals surface area contributed by atoms with E-state index < -0.39 is 0 Å². The van der Waals surface area contributed by atoms with Gasteiger partial charge in [0.1, 0.15) is 21.4 Å². The Morgan fingerprint density at radius 3 is 3.00 bits per heavy atom. The summed E-state index contributed by atoms with van der Waals surface area (Å²) in [4.78, 5) is 24.5. The molecule has 1 aromatic carbocycles. The van der Waals surface area contributed by atoms with Crippen molar-refractivity contribution in [1.29, 1.82) is 0 Å². The van der Waals surface area contributed by atoms with E-state index in [2.05, 4.69) is 22.2 Å². The Kier molecular flexibility index (Phi) is 6.06. The van der Waals surface area contributed by atoms with Gasteiger partial charge in [-0.05, 0) is 56.7 Å². The van der Waals surface area contributed by atoms with Crippen LogP contribution in [0.2, 0.25) is 0 Å². The standard InChI is InChI=1S/C22H25N3O2S2/c1-4-27-17-8-6-5-7-16(17)25-19(26)12-28-21-20-15-10-9-13(2)11-18(15)29-22(20)24-14(3)23-21/h5-8,13H,4,9-12H2,1-3H3,(H,25,26)/t13-/m0/s1. The first-order valence-corrected chi connectivity index (χ1v) is 11.8. The molecule has 0 aliphatic heterocycles. The minimum atomic E-state index is -0.0655. The van der Waals surface area contributed by atoms with E-state index in [1.165, 1.54) is 28.6 Å². The predicted molar refractivity (Wildman–Crippen MR) is 120 cm³/mol. The molecule has 2 aromatic heterocycles. The molecule has 1 amide bonds. The third kappa shape index (κ3) is 4.41. The smallest absolute Gasteiger partial charge is 0.234 e. The monoisotopic (exact) mass is 427 g/mol. The molecular weight excluding hydrogens is 402 g/mol. The summed E-state index contributed by atoms with van der Waals surface area (Å²) in [5.74, 6) is 2.40. The minimum Gasteiger partial charge on any atom is -0.492 e. The lowest BCUT2D eigenvalue weighted by Gasteiger charge is -2.18. The first kappa shape index (κ1) is 20.2. The van der Waals surface area contributed by atoms with Gasteiger partial charge in [-0.1, -0.05) is 30.8 Å². The number of hydrogen-bond acceptors (Lipinski definition) is 6. The van der Waals surface area contributed by atoms with E-state index in [1.54, 1.807) is 11.3 Å². The van der Waals surface area contributed by atoms with Gasteiger partial charge in [-0.25, -0.2) is 9.97 Å². The van der Waals surface area contributed by atoms with Crippen LogP contribution in [0.1, 0.15) is 36.5 Å². The number of thioether (sulfide) groups is 1. The van der Waals surface area contributed by atoms with Crippen LogP contribution in [0.3, 0.4) is 0 Å². The summed E-state index contributed by atoms with van der Waals surface area (Å²) in [5.41, 5.74) is 2.10. The van der Waals surface area contributed by atoms with Crippen molar-refractivity contribution in [3.63, 3.8) is 0 Å². The van der Waals surface area contributed by atoms with Gasteiger partial charge < -0.3 is 10.1 Å². The molecule has 3 aromatic rings. The van der Waals surface area contributed by atoms with Gasteiger partial charge in [-0.3, -0.25) is 4.79 Å². The van der Waals surface area contributed by atoms with Crippen LogP contribution in [0, 0.1) is 12.8 Å². The molecule has 0 saturated carbocycles. The Morgan fingerprint density at radius 1 is 1.34 bits per heavy atom. The number of amides is 1. The summed E-state index contributed by atoms with van der Waals surface area (Å²) < 4.78 is 5.59. The lowest BCUT2D eigenvalue weighted by atomic mass is 9.89. The predicted octanol–water partition coefficient (Wildman–Crippen LogP) is 5.25. The third-order valence-electron chi connectivity index (χ3n) is 5.03. The van der Waals surface area contributed by atoms with Gasteiger partial charge in [0.05, 0.1) is 18.0 Å². The van der Waals surface area contributed by atoms with Gasteiger partial charge in [0.25, 0.3) is 0 Å². The number of carbonyl (C=O) groups excluding carboxylic acids is 1. The molecule has 0 bridgehead atoms. The fraction of sp³-hybridized carbons (Fsp3) is 0.409. The van der Waals surface area contributed by atoms with Crippen LogP contribution in [0.5, 0.6) is 5.75 Å². The summed E-state index contributed by atoms with van der Waals surface area (Å²) in [6.45, 7) is 6.72. The molecule has 0 saturated heterocycles. The highest BCUT2D eigenvalue weighted by atomic mass is 32.2. The van der Waals surface area contributed by atoms with E-state index in [0.29, 0.717) is 23.8 Å². The number of nitrogens with one attached hydrogen (secondary N) is 1. The summed E-state index contributed by atoms with van der Waals surface area (Å²) in [5, 5.41) is 5.05. The maximum atomic E-state index is 12.6. The summed E-state index contributed by atoms with van der Waals surface area (Å²) in [6, 6.07) is 7.51. The number of anilines is 1. The maximum absolute atomic E-state index is 12.6. The normalized spacial score (nSPS) is 15.9. The number of carbonyl (C=O) groups is 1. The van der Waals surface area contributed by atoms with Gasteiger partial charge in [0.15, 0.2) is 0 Å². The van der Waals surface area contributed by atoms with Crippen molar-refractivity contribution in [2.75, 3.05) is 17.7 Å². The quantitative estimate of drug-likeness (QED) is 0.430. The van der Waals surface area contributed by atoms with Gasteiger partial charge in [-0.15, -0.1) is 11.3 Å². The second kappa shape index (κ2) is 8.71. The van der Waals surface area contributed by atoms with Crippen LogP contribution in [0.25, 0.3) is 10.2 Å². The van der Waals surface area contributed by atoms with Crippen LogP contribution < -0.4 is 10.1 Å². The fourth-order valence-electron chi connectivity index (χ4n) is 3.69. The molecule has 0 spiro atoms. The van der Waals surface area contributed by atoms with Crippen molar-refractivity contribution in [1.82, 2.24) is 9.97 Å². The molecule has 1 atom stereocenters. The summed E-state index contributed by atoms with van der Waals surface area (Å²) in [6.07, 6.45) is 3.39. The fourth-order valence-corrected chi connectivity index (χ4v) is 6.08. The van der Waals surface area contributed by atoms with Crippen molar-refractivity contribution >= 4 is 44.9 Å². The van der Waals surface area contributed by atoms with Crippen LogP contribution in [-0.4, -0.2) is 28.2 Å². The highest BCUT2D eigenvalue weighted by molar-refractivity contribution is 8.00. The molecule has 5 nitrogen and oxygen atoms in total. The number of benzene rings is 1. The first-order valence-electron chi connectivity index (χ1n) is 9.98. The lowest BCUT2D eigenvalue weighted by Crippen LogP contribution is -2.15. The zero-order valence-electron chi connectivity index (χ0n) is 16.9. The molecule has 1 aliphatic carbocycles. The number of hydrogen-bond donors (Lipinski definition) is 1. The van der Waals surface area contributed by atoms with Crippen LogP contribution >= 0.6 is 23.1 Å². The molecule has 1 aliphatic rings. The van der Waals surface area contributed by atoms with E-state index >= 15 is 0 Å². The molecule has 0 radical (unpaired) electrons. The van der Waals surface area contributed by atoms with Crippen LogP contribution in [0.4, 0.5) is 5.69 Å². The molecule has 152 valence electrons. The molecule has 7 heteroatoms. The SMILES string of the molecule is CCOc1ccccc1NC(=O)CSc1nc(C)nc2sc3c(c12)CC[C@H](C)C3. The largest absolute Gasteiger partial charge is 0.492 e. The van der Waals surface area contributed by atoms with Gasteiger partial charge in [-0.2, -0.15) is 0 Å².